The lowest BCUT2D eigenvalue weighted by atomic mass is 9.46. The third-order valence-corrected chi connectivity index (χ3v) is 9.94. The molecule has 0 aliphatic heterocycles. The number of para-hydroxylation sites is 1. The summed E-state index contributed by atoms with van der Waals surface area (Å²) < 4.78 is 5.72. The Bertz CT molecular complexity index is 1070. The number of hydrogen-bond donors (Lipinski definition) is 1. The topological polar surface area (TPSA) is 87.4 Å². The van der Waals surface area contributed by atoms with Gasteiger partial charge in [-0.05, 0) is 86.3 Å². The van der Waals surface area contributed by atoms with Crippen LogP contribution in [0, 0.1) is 39.9 Å². The minimum atomic E-state index is -1.40. The first-order chi connectivity index (χ1) is 15.7. The minimum Gasteiger partial charge on any atom is -0.484 e. The predicted molar refractivity (Wildman–Crippen MR) is 123 cm³/mol. The number of fused-ring (bicyclic) bond motifs is 5. The first-order valence-electron chi connectivity index (χ1n) is 12.3. The number of Topliss-reactive ketones (excluding diaryl/α,β-unsaturated/α-hetero) is 1. The van der Waals surface area contributed by atoms with E-state index in [-0.39, 0.29) is 23.6 Å². The second-order valence-electron chi connectivity index (χ2n) is 11.1. The Balaban J connectivity index is 1.36. The SMILES string of the molecule is CC12CCC(=O)C=C1CCC1C2CCC2(C)C1CC[C@]2(O)C(=O)COc1ccccc1C#N. The number of ketones is 2. The van der Waals surface area contributed by atoms with Crippen LogP contribution in [0.15, 0.2) is 35.9 Å². The Morgan fingerprint density at radius 3 is 2.67 bits per heavy atom. The molecule has 33 heavy (non-hydrogen) atoms. The van der Waals surface area contributed by atoms with E-state index in [0.717, 1.165) is 38.5 Å². The third kappa shape index (κ3) is 3.21. The second kappa shape index (κ2) is 7.81. The van der Waals surface area contributed by atoms with Crippen LogP contribution in [0.4, 0.5) is 0 Å². The summed E-state index contributed by atoms with van der Waals surface area (Å²) in [4.78, 5) is 25.4. The van der Waals surface area contributed by atoms with E-state index in [2.05, 4.69) is 19.9 Å². The number of nitrogens with zero attached hydrogens (tertiary/aromatic N) is 1. The van der Waals surface area contributed by atoms with E-state index in [1.807, 2.05) is 6.08 Å². The molecule has 5 rings (SSSR count). The largest absolute Gasteiger partial charge is 0.484 e. The van der Waals surface area contributed by atoms with Crippen molar-refractivity contribution in [2.75, 3.05) is 6.61 Å². The van der Waals surface area contributed by atoms with Gasteiger partial charge in [-0.15, -0.1) is 0 Å². The van der Waals surface area contributed by atoms with Crippen LogP contribution in [-0.4, -0.2) is 28.9 Å². The first-order valence-corrected chi connectivity index (χ1v) is 12.3. The lowest BCUT2D eigenvalue weighted by molar-refractivity contribution is -0.164. The van der Waals surface area contributed by atoms with Gasteiger partial charge in [0.2, 0.25) is 5.78 Å². The van der Waals surface area contributed by atoms with Crippen molar-refractivity contribution in [3.05, 3.63) is 41.5 Å². The summed E-state index contributed by atoms with van der Waals surface area (Å²) in [6, 6.07) is 8.96. The molecule has 3 fully saturated rings. The maximum Gasteiger partial charge on any atom is 0.202 e. The normalized spacial score (nSPS) is 39.5. The molecule has 1 N–H and O–H groups in total. The maximum atomic E-state index is 13.4. The molecule has 4 aliphatic carbocycles. The van der Waals surface area contributed by atoms with Crippen molar-refractivity contribution in [1.82, 2.24) is 0 Å². The van der Waals surface area contributed by atoms with E-state index in [1.165, 1.54) is 5.57 Å². The van der Waals surface area contributed by atoms with Crippen molar-refractivity contribution in [1.29, 1.82) is 5.26 Å². The van der Waals surface area contributed by atoms with Crippen molar-refractivity contribution < 1.29 is 19.4 Å². The van der Waals surface area contributed by atoms with Gasteiger partial charge in [0.25, 0.3) is 0 Å². The van der Waals surface area contributed by atoms with Crippen LogP contribution in [0.3, 0.4) is 0 Å². The Hall–Kier alpha value is -2.45. The monoisotopic (exact) mass is 447 g/mol. The van der Waals surface area contributed by atoms with Crippen LogP contribution in [0.2, 0.25) is 0 Å². The molecule has 3 saturated carbocycles. The standard InChI is InChI=1S/C28H33NO4/c1-26-12-9-20(30)15-19(26)7-8-21-22(26)10-13-27(2)23(21)11-14-28(27,32)25(31)17-33-24-6-4-3-5-18(24)16-29/h3-6,15,21-23,32H,7-14,17H2,1-2H3/t21?,22?,23?,26?,27?,28-/m0/s1. The molecule has 4 aliphatic rings. The van der Waals surface area contributed by atoms with Gasteiger partial charge in [-0.3, -0.25) is 9.59 Å². The van der Waals surface area contributed by atoms with Crippen molar-refractivity contribution in [2.45, 2.75) is 70.8 Å². The molecule has 5 heteroatoms. The van der Waals surface area contributed by atoms with Gasteiger partial charge in [-0.2, -0.15) is 5.26 Å². The van der Waals surface area contributed by atoms with Gasteiger partial charge in [0.1, 0.15) is 24.0 Å². The average Bonchev–Trinajstić information content (AvgIpc) is 3.10. The van der Waals surface area contributed by atoms with Crippen molar-refractivity contribution in [3.63, 3.8) is 0 Å². The fraction of sp³-hybridized carbons (Fsp3) is 0.607. The first kappa shape index (κ1) is 22.3. The zero-order valence-corrected chi connectivity index (χ0v) is 19.6. The summed E-state index contributed by atoms with van der Waals surface area (Å²) in [5.41, 5.74) is -0.0709. The van der Waals surface area contributed by atoms with Gasteiger partial charge >= 0.3 is 0 Å². The summed E-state index contributed by atoms with van der Waals surface area (Å²) >= 11 is 0. The Kier molecular flexibility index (Phi) is 5.29. The molecule has 0 aromatic heterocycles. The molecular weight excluding hydrogens is 414 g/mol. The van der Waals surface area contributed by atoms with Crippen LogP contribution in [-0.2, 0) is 9.59 Å². The molecule has 0 heterocycles. The minimum absolute atomic E-state index is 0.0764. The Morgan fingerprint density at radius 2 is 1.88 bits per heavy atom. The number of ether oxygens (including phenoxy) is 1. The van der Waals surface area contributed by atoms with Crippen LogP contribution in [0.1, 0.15) is 70.8 Å². The number of carbonyl (C=O) groups excluding carboxylic acids is 2. The molecule has 1 aromatic rings. The number of nitriles is 1. The van der Waals surface area contributed by atoms with E-state index in [4.69, 9.17) is 4.74 Å². The van der Waals surface area contributed by atoms with Crippen LogP contribution in [0.5, 0.6) is 5.75 Å². The summed E-state index contributed by atoms with van der Waals surface area (Å²) in [7, 11) is 0. The van der Waals surface area contributed by atoms with Crippen molar-refractivity contribution in [2.24, 2.45) is 28.6 Å². The highest BCUT2D eigenvalue weighted by atomic mass is 16.5. The predicted octanol–water partition coefficient (Wildman–Crippen LogP) is 4.77. The molecule has 0 saturated heterocycles. The fourth-order valence-electron chi connectivity index (χ4n) is 7.98. The highest BCUT2D eigenvalue weighted by Crippen LogP contribution is 2.67. The zero-order valence-electron chi connectivity index (χ0n) is 19.6. The van der Waals surface area contributed by atoms with Crippen LogP contribution < -0.4 is 4.74 Å². The van der Waals surface area contributed by atoms with Gasteiger partial charge in [0.15, 0.2) is 5.78 Å². The molecule has 6 atom stereocenters. The molecule has 1 aromatic carbocycles. The van der Waals surface area contributed by atoms with Crippen LogP contribution >= 0.6 is 0 Å². The van der Waals surface area contributed by atoms with Gasteiger partial charge in [-0.1, -0.05) is 31.6 Å². The quantitative estimate of drug-likeness (QED) is 0.718. The van der Waals surface area contributed by atoms with Gasteiger partial charge in [0, 0.05) is 11.8 Å². The molecule has 5 unspecified atom stereocenters. The molecule has 0 spiro atoms. The van der Waals surface area contributed by atoms with Gasteiger partial charge in [-0.25, -0.2) is 0 Å². The smallest absolute Gasteiger partial charge is 0.202 e. The van der Waals surface area contributed by atoms with E-state index in [1.54, 1.807) is 24.3 Å². The zero-order chi connectivity index (χ0) is 23.4. The number of allylic oxidation sites excluding steroid dienone is 1. The lowest BCUT2D eigenvalue weighted by Crippen LogP contribution is -2.58. The van der Waals surface area contributed by atoms with Crippen LogP contribution in [0.25, 0.3) is 0 Å². The van der Waals surface area contributed by atoms with E-state index in [0.29, 0.717) is 41.9 Å². The summed E-state index contributed by atoms with van der Waals surface area (Å²) in [6.07, 6.45) is 8.58. The molecule has 0 amide bonds. The Labute approximate surface area is 195 Å². The number of aliphatic hydroxyl groups is 1. The van der Waals surface area contributed by atoms with E-state index >= 15 is 0 Å². The fourth-order valence-corrected chi connectivity index (χ4v) is 7.98. The maximum absolute atomic E-state index is 13.4. The van der Waals surface area contributed by atoms with Gasteiger partial charge in [0.05, 0.1) is 5.56 Å². The number of carbonyl (C=O) groups is 2. The lowest BCUT2D eigenvalue weighted by Gasteiger charge is -2.58. The summed E-state index contributed by atoms with van der Waals surface area (Å²) in [5.74, 6) is 1.66. The highest BCUT2D eigenvalue weighted by Gasteiger charge is 2.66. The second-order valence-corrected chi connectivity index (χ2v) is 11.1. The molecule has 5 nitrogen and oxygen atoms in total. The Morgan fingerprint density at radius 1 is 1.12 bits per heavy atom. The number of benzene rings is 1. The summed E-state index contributed by atoms with van der Waals surface area (Å²) in [6.45, 7) is 4.23. The third-order valence-electron chi connectivity index (χ3n) is 9.94. The highest BCUT2D eigenvalue weighted by molar-refractivity contribution is 5.92. The van der Waals surface area contributed by atoms with E-state index < -0.39 is 11.0 Å². The average molecular weight is 448 g/mol. The van der Waals surface area contributed by atoms with E-state index in [9.17, 15) is 20.0 Å². The molecule has 0 bridgehead atoms. The van der Waals surface area contributed by atoms with Crippen molar-refractivity contribution in [3.8, 4) is 11.8 Å². The molecular formula is C28H33NO4. The molecule has 0 radical (unpaired) electrons. The van der Waals surface area contributed by atoms with Crippen molar-refractivity contribution >= 4 is 11.6 Å². The molecule has 174 valence electrons. The number of hydrogen-bond acceptors (Lipinski definition) is 5. The van der Waals surface area contributed by atoms with Gasteiger partial charge < -0.3 is 9.84 Å². The summed E-state index contributed by atoms with van der Waals surface area (Å²) in [5, 5.41) is 21.1. The number of rotatable bonds is 4.